The van der Waals surface area contributed by atoms with Gasteiger partial charge in [0.1, 0.15) is 0 Å². The predicted molar refractivity (Wildman–Crippen MR) is 239 cm³/mol. The molecule has 1 N–H and O–H groups in total. The number of carboxylic acids is 1. The first-order chi connectivity index (χ1) is 26.0. The lowest BCUT2D eigenvalue weighted by Gasteiger charge is -2.41. The number of carboxylic acid groups (broad SMARTS) is 1. The Balaban J connectivity index is 4.66. The summed E-state index contributed by atoms with van der Waals surface area (Å²) in [5.41, 5.74) is -0.549. The van der Waals surface area contributed by atoms with Gasteiger partial charge in [-0.3, -0.25) is 4.79 Å². The van der Waals surface area contributed by atoms with Gasteiger partial charge >= 0.3 is 5.97 Å². The third-order valence-electron chi connectivity index (χ3n) is 13.2. The zero-order valence-corrected chi connectivity index (χ0v) is 37.7. The Labute approximate surface area is 336 Å². The van der Waals surface area contributed by atoms with Crippen molar-refractivity contribution in [3.63, 3.8) is 0 Å². The first-order valence-corrected chi connectivity index (χ1v) is 25.2. The van der Waals surface area contributed by atoms with E-state index in [4.69, 9.17) is 0 Å². The molecule has 0 saturated carbocycles. The van der Waals surface area contributed by atoms with Gasteiger partial charge in [-0.1, -0.05) is 285 Å². The van der Waals surface area contributed by atoms with Gasteiger partial charge < -0.3 is 5.11 Å². The minimum atomic E-state index is -0.549. The zero-order chi connectivity index (χ0) is 38.9. The Morgan fingerprint density at radius 2 is 0.566 bits per heavy atom. The SMILES string of the molecule is CCCCCCCCCCCCCCCCCCC(C(=O)O)(C(C)C)C(CCCCCCCCCCC)CCCCCCCCCCCCCCCC. The Kier molecular flexibility index (Phi) is 40.7. The molecule has 0 radical (unpaired) electrons. The van der Waals surface area contributed by atoms with Crippen molar-refractivity contribution in [2.24, 2.45) is 17.3 Å². The minimum Gasteiger partial charge on any atom is -0.481 e. The molecule has 0 rings (SSSR count). The number of hydrogen-bond acceptors (Lipinski definition) is 1. The average molecular weight is 747 g/mol. The second kappa shape index (κ2) is 41.1. The molecule has 0 bridgehead atoms. The van der Waals surface area contributed by atoms with E-state index in [1.807, 2.05) is 0 Å². The van der Waals surface area contributed by atoms with Crippen LogP contribution in [0.1, 0.15) is 304 Å². The summed E-state index contributed by atoms with van der Waals surface area (Å²) in [6.45, 7) is 11.4. The van der Waals surface area contributed by atoms with Crippen LogP contribution in [0.15, 0.2) is 0 Å². The van der Waals surface area contributed by atoms with Crippen LogP contribution < -0.4 is 0 Å². The van der Waals surface area contributed by atoms with Crippen molar-refractivity contribution in [3.8, 4) is 0 Å². The molecule has 2 nitrogen and oxygen atoms in total. The molecule has 0 aliphatic heterocycles. The Morgan fingerprint density at radius 1 is 0.358 bits per heavy atom. The van der Waals surface area contributed by atoms with Crippen LogP contribution in [0.25, 0.3) is 0 Å². The van der Waals surface area contributed by atoms with Crippen molar-refractivity contribution >= 4 is 5.97 Å². The fourth-order valence-electron chi connectivity index (χ4n) is 9.40. The number of hydrogen-bond donors (Lipinski definition) is 1. The lowest BCUT2D eigenvalue weighted by molar-refractivity contribution is -0.158. The number of carbonyl (C=O) groups is 1. The largest absolute Gasteiger partial charge is 0.481 e. The van der Waals surface area contributed by atoms with Gasteiger partial charge in [-0.05, 0) is 31.1 Å². The van der Waals surface area contributed by atoms with E-state index in [0.717, 1.165) is 25.7 Å². The fourth-order valence-corrected chi connectivity index (χ4v) is 9.40. The summed E-state index contributed by atoms with van der Waals surface area (Å²) in [5, 5.41) is 10.9. The second-order valence-corrected chi connectivity index (χ2v) is 18.3. The topological polar surface area (TPSA) is 37.3 Å². The normalized spacial score (nSPS) is 13.5. The first-order valence-electron chi connectivity index (χ1n) is 25.2. The van der Waals surface area contributed by atoms with E-state index in [1.54, 1.807) is 0 Å². The molecule has 318 valence electrons. The lowest BCUT2D eigenvalue weighted by atomic mass is 9.62. The van der Waals surface area contributed by atoms with Crippen molar-refractivity contribution in [2.75, 3.05) is 0 Å². The Hall–Kier alpha value is -0.530. The predicted octanol–water partition coefficient (Wildman–Crippen LogP) is 18.8. The molecule has 0 aliphatic rings. The van der Waals surface area contributed by atoms with Crippen molar-refractivity contribution in [1.29, 1.82) is 0 Å². The summed E-state index contributed by atoms with van der Waals surface area (Å²) in [4.78, 5) is 13.3. The Morgan fingerprint density at radius 3 is 0.774 bits per heavy atom. The molecule has 0 aliphatic carbocycles. The fraction of sp³-hybridized carbons (Fsp3) is 0.980. The van der Waals surface area contributed by atoms with Gasteiger partial charge in [0.15, 0.2) is 0 Å². The van der Waals surface area contributed by atoms with E-state index in [2.05, 4.69) is 34.6 Å². The molecule has 0 aromatic carbocycles. The standard InChI is InChI=1S/C51H102O2/c1-6-9-12-15-18-21-23-25-27-28-30-32-35-38-41-44-47-51(48(4)5,50(52)53)49(45-42-39-36-33-20-17-14-11-8-3)46-43-40-37-34-31-29-26-24-22-19-16-13-10-7-2/h48-49H,6-47H2,1-5H3,(H,52,53). The van der Waals surface area contributed by atoms with Crippen LogP contribution in [0.5, 0.6) is 0 Å². The molecule has 2 unspecified atom stereocenters. The van der Waals surface area contributed by atoms with Crippen LogP contribution in [-0.4, -0.2) is 11.1 Å². The highest BCUT2D eigenvalue weighted by Gasteiger charge is 2.47. The minimum absolute atomic E-state index is 0.201. The van der Waals surface area contributed by atoms with Crippen LogP contribution in [0.3, 0.4) is 0 Å². The van der Waals surface area contributed by atoms with E-state index in [9.17, 15) is 9.90 Å². The molecule has 0 saturated heterocycles. The third kappa shape index (κ3) is 31.3. The van der Waals surface area contributed by atoms with Crippen LogP contribution in [-0.2, 0) is 4.79 Å². The third-order valence-corrected chi connectivity index (χ3v) is 13.2. The summed E-state index contributed by atoms with van der Waals surface area (Å²) in [5.74, 6) is 0.0459. The van der Waals surface area contributed by atoms with Gasteiger partial charge in [0.05, 0.1) is 5.41 Å². The van der Waals surface area contributed by atoms with E-state index in [1.165, 1.54) is 244 Å². The quantitative estimate of drug-likeness (QED) is 0.0630. The summed E-state index contributed by atoms with van der Waals surface area (Å²) in [6, 6.07) is 0. The summed E-state index contributed by atoms with van der Waals surface area (Å²) >= 11 is 0. The maximum absolute atomic E-state index is 13.3. The second-order valence-electron chi connectivity index (χ2n) is 18.3. The number of unbranched alkanes of at least 4 members (excludes halogenated alkanes) is 36. The van der Waals surface area contributed by atoms with E-state index in [0.29, 0.717) is 5.92 Å². The van der Waals surface area contributed by atoms with Gasteiger partial charge in [-0.15, -0.1) is 0 Å². The van der Waals surface area contributed by atoms with Gasteiger partial charge in [-0.25, -0.2) is 0 Å². The summed E-state index contributed by atoms with van der Waals surface area (Å²) < 4.78 is 0. The highest BCUT2D eigenvalue weighted by molar-refractivity contribution is 5.75. The Bertz CT molecular complexity index is 715. The van der Waals surface area contributed by atoms with E-state index < -0.39 is 11.4 Å². The molecular formula is C51H102O2. The smallest absolute Gasteiger partial charge is 0.310 e. The number of rotatable bonds is 45. The maximum Gasteiger partial charge on any atom is 0.310 e. The average Bonchev–Trinajstić information content (AvgIpc) is 3.14. The van der Waals surface area contributed by atoms with Crippen molar-refractivity contribution in [1.82, 2.24) is 0 Å². The monoisotopic (exact) mass is 747 g/mol. The lowest BCUT2D eigenvalue weighted by Crippen LogP contribution is -2.43. The molecule has 0 aromatic rings. The maximum atomic E-state index is 13.3. The van der Waals surface area contributed by atoms with Crippen molar-refractivity contribution < 1.29 is 9.90 Å². The molecule has 0 aromatic heterocycles. The van der Waals surface area contributed by atoms with Gasteiger partial charge in [0.25, 0.3) is 0 Å². The van der Waals surface area contributed by atoms with E-state index in [-0.39, 0.29) is 5.92 Å². The van der Waals surface area contributed by atoms with Crippen LogP contribution in [0, 0.1) is 17.3 Å². The molecular weight excluding hydrogens is 645 g/mol. The highest BCUT2D eigenvalue weighted by atomic mass is 16.4. The van der Waals surface area contributed by atoms with Gasteiger partial charge in [0.2, 0.25) is 0 Å². The molecule has 2 atom stereocenters. The zero-order valence-electron chi connectivity index (χ0n) is 37.7. The van der Waals surface area contributed by atoms with Crippen LogP contribution >= 0.6 is 0 Å². The van der Waals surface area contributed by atoms with Crippen molar-refractivity contribution in [3.05, 3.63) is 0 Å². The molecule has 53 heavy (non-hydrogen) atoms. The van der Waals surface area contributed by atoms with Gasteiger partial charge in [-0.2, -0.15) is 0 Å². The van der Waals surface area contributed by atoms with Crippen molar-refractivity contribution in [2.45, 2.75) is 304 Å². The molecule has 2 heteroatoms. The molecule has 0 spiro atoms. The summed E-state index contributed by atoms with van der Waals surface area (Å²) in [6.07, 6.45) is 56.5. The van der Waals surface area contributed by atoms with E-state index >= 15 is 0 Å². The number of aliphatic carboxylic acids is 1. The van der Waals surface area contributed by atoms with Crippen LogP contribution in [0.2, 0.25) is 0 Å². The highest BCUT2D eigenvalue weighted by Crippen LogP contribution is 2.46. The van der Waals surface area contributed by atoms with Crippen LogP contribution in [0.4, 0.5) is 0 Å². The van der Waals surface area contributed by atoms with Gasteiger partial charge in [0, 0.05) is 0 Å². The molecule has 0 amide bonds. The summed E-state index contributed by atoms with van der Waals surface area (Å²) in [7, 11) is 0. The first kappa shape index (κ1) is 52.5. The molecule has 0 fully saturated rings. The molecule has 0 heterocycles.